The number of nitrogens with zero attached hydrogens (tertiary/aromatic N) is 1. The lowest BCUT2D eigenvalue weighted by Crippen LogP contribution is -2.45. The topological polar surface area (TPSA) is 72.4 Å². The number of urea groups is 1. The number of alkyl halides is 1. The van der Waals surface area contributed by atoms with Crippen LogP contribution in [0.3, 0.4) is 0 Å². The second-order valence-corrected chi connectivity index (χ2v) is 8.13. The summed E-state index contributed by atoms with van der Waals surface area (Å²) in [5, 5.41) is 6.97. The van der Waals surface area contributed by atoms with E-state index in [1.165, 1.54) is 10.6 Å². The molecule has 2 aromatic carbocycles. The third-order valence-electron chi connectivity index (χ3n) is 5.35. The van der Waals surface area contributed by atoms with Gasteiger partial charge in [-0.15, -0.1) is 0 Å². The number of hydrogen-bond donors (Lipinski definition) is 2. The molecule has 4 rings (SSSR count). The summed E-state index contributed by atoms with van der Waals surface area (Å²) in [6.45, 7) is 0.963. The summed E-state index contributed by atoms with van der Waals surface area (Å²) in [6, 6.07) is 12.7. The van der Waals surface area contributed by atoms with Gasteiger partial charge >= 0.3 is 6.03 Å². The zero-order valence-electron chi connectivity index (χ0n) is 16.5. The first-order valence-electron chi connectivity index (χ1n) is 9.50. The second kappa shape index (κ2) is 7.65. The maximum atomic E-state index is 13.6. The Labute approximate surface area is 177 Å². The van der Waals surface area contributed by atoms with Crippen molar-refractivity contribution in [3.8, 4) is 5.75 Å². The molecule has 1 aromatic heterocycles. The predicted molar refractivity (Wildman–Crippen MR) is 115 cm³/mol. The van der Waals surface area contributed by atoms with Gasteiger partial charge in [0.15, 0.2) is 0 Å². The molecular weight excluding hydrogens is 409 g/mol. The summed E-state index contributed by atoms with van der Waals surface area (Å²) in [5.41, 5.74) is 0.814. The molecule has 2 atom stereocenters. The molecule has 0 unspecified atom stereocenters. The number of halogens is 2. The molecule has 2 amide bonds. The van der Waals surface area contributed by atoms with E-state index in [4.69, 9.17) is 16.3 Å². The average Bonchev–Trinajstić information content (AvgIpc) is 2.70. The van der Waals surface area contributed by atoms with Crippen molar-refractivity contribution in [2.45, 2.75) is 25.0 Å². The fourth-order valence-electron chi connectivity index (χ4n) is 3.78. The minimum atomic E-state index is -1.06. The fraction of sp³-hybridized carbons (Fsp3) is 0.273. The van der Waals surface area contributed by atoms with Gasteiger partial charge in [-0.25, -0.2) is 9.18 Å². The van der Waals surface area contributed by atoms with Crippen molar-refractivity contribution in [2.75, 3.05) is 12.0 Å². The molecule has 1 aliphatic rings. The Morgan fingerprint density at radius 2 is 2.10 bits per heavy atom. The van der Waals surface area contributed by atoms with E-state index in [2.05, 4.69) is 10.6 Å². The summed E-state index contributed by atoms with van der Waals surface area (Å²) in [6.07, 6.45) is 0.273. The number of carbonyl (C=O) groups is 1. The Kier molecular flexibility index (Phi) is 5.15. The van der Waals surface area contributed by atoms with Crippen LogP contribution in [-0.4, -0.2) is 22.9 Å². The Hall–Kier alpha value is -3.06. The number of aromatic nitrogens is 1. The number of nitrogens with one attached hydrogen (secondary N) is 2. The maximum absolute atomic E-state index is 13.6. The molecule has 0 radical (unpaired) electrons. The molecule has 2 heterocycles. The molecule has 2 N–H and O–H groups in total. The SMILES string of the molecule is Cn1c(=O)ccc2c(NC(=O)N[C@@H]3C[C@](C)(CF)Oc4cc(Cl)ccc43)cccc21. The normalized spacial score (nSPS) is 20.3. The van der Waals surface area contributed by atoms with Crippen LogP contribution in [0.2, 0.25) is 5.02 Å². The molecule has 156 valence electrons. The van der Waals surface area contributed by atoms with Crippen LogP contribution in [0.25, 0.3) is 10.9 Å². The molecule has 0 fully saturated rings. The van der Waals surface area contributed by atoms with Gasteiger partial charge in [0, 0.05) is 35.5 Å². The first kappa shape index (κ1) is 20.2. The van der Waals surface area contributed by atoms with Crippen LogP contribution in [0.15, 0.2) is 53.3 Å². The summed E-state index contributed by atoms with van der Waals surface area (Å²) >= 11 is 6.06. The zero-order valence-corrected chi connectivity index (χ0v) is 17.3. The monoisotopic (exact) mass is 429 g/mol. The van der Waals surface area contributed by atoms with Crippen molar-refractivity contribution >= 4 is 34.2 Å². The number of benzene rings is 2. The van der Waals surface area contributed by atoms with Crippen LogP contribution in [0.4, 0.5) is 14.9 Å². The standard InChI is InChI=1S/C22H21ClFN3O3/c1-22(12-24)11-17(15-7-6-13(23)10-19(15)30-22)26-21(29)25-16-4-3-5-18-14(16)8-9-20(28)27(18)2/h3-10,17H,11-12H2,1-2H3,(H2,25,26,29)/t17-,22-/m1/s1. The number of carbonyl (C=O) groups excluding carboxylic acids is 1. The quantitative estimate of drug-likeness (QED) is 0.640. The first-order chi connectivity index (χ1) is 14.3. The maximum Gasteiger partial charge on any atom is 0.319 e. The van der Waals surface area contributed by atoms with Crippen molar-refractivity contribution in [3.63, 3.8) is 0 Å². The molecule has 8 heteroatoms. The molecule has 0 saturated heterocycles. The van der Waals surface area contributed by atoms with Gasteiger partial charge in [-0.05, 0) is 37.3 Å². The summed E-state index contributed by atoms with van der Waals surface area (Å²) in [4.78, 5) is 24.7. The number of rotatable bonds is 3. The van der Waals surface area contributed by atoms with Gasteiger partial charge in [0.25, 0.3) is 5.56 Å². The third-order valence-corrected chi connectivity index (χ3v) is 5.58. The molecule has 1 aliphatic heterocycles. The van der Waals surface area contributed by atoms with Gasteiger partial charge < -0.3 is 19.9 Å². The van der Waals surface area contributed by atoms with Crippen LogP contribution >= 0.6 is 11.6 Å². The van der Waals surface area contributed by atoms with Crippen molar-refractivity contribution in [3.05, 3.63) is 69.5 Å². The van der Waals surface area contributed by atoms with E-state index in [-0.39, 0.29) is 12.0 Å². The number of aryl methyl sites for hydroxylation is 1. The van der Waals surface area contributed by atoms with Gasteiger partial charge in [0.05, 0.1) is 17.2 Å². The van der Waals surface area contributed by atoms with E-state index < -0.39 is 24.3 Å². The van der Waals surface area contributed by atoms with E-state index in [0.717, 1.165) is 10.9 Å². The number of amides is 2. The Morgan fingerprint density at radius 1 is 1.30 bits per heavy atom. The lowest BCUT2D eigenvalue weighted by molar-refractivity contribution is 0.0263. The highest BCUT2D eigenvalue weighted by atomic mass is 35.5. The van der Waals surface area contributed by atoms with Gasteiger partial charge in [0.1, 0.15) is 18.0 Å². The molecule has 6 nitrogen and oxygen atoms in total. The first-order valence-corrected chi connectivity index (χ1v) is 9.88. The third kappa shape index (κ3) is 3.73. The van der Waals surface area contributed by atoms with Crippen LogP contribution in [-0.2, 0) is 7.05 Å². The van der Waals surface area contributed by atoms with Crippen LogP contribution in [0, 0.1) is 0 Å². The summed E-state index contributed by atoms with van der Waals surface area (Å²) in [5.74, 6) is 0.458. The lowest BCUT2D eigenvalue weighted by atomic mass is 9.89. The number of anilines is 1. The highest BCUT2D eigenvalue weighted by molar-refractivity contribution is 6.30. The van der Waals surface area contributed by atoms with E-state index >= 15 is 0 Å². The molecule has 0 spiro atoms. The average molecular weight is 430 g/mol. The molecule has 0 bridgehead atoms. The van der Waals surface area contributed by atoms with Crippen molar-refractivity contribution in [2.24, 2.45) is 7.05 Å². The van der Waals surface area contributed by atoms with E-state index in [0.29, 0.717) is 22.0 Å². The minimum Gasteiger partial charge on any atom is -0.484 e. The number of fused-ring (bicyclic) bond motifs is 2. The van der Waals surface area contributed by atoms with Crippen LogP contribution in [0.1, 0.15) is 24.9 Å². The van der Waals surface area contributed by atoms with Crippen LogP contribution < -0.4 is 20.9 Å². The molecule has 0 saturated carbocycles. The van der Waals surface area contributed by atoms with Crippen molar-refractivity contribution in [1.82, 2.24) is 9.88 Å². The van der Waals surface area contributed by atoms with Gasteiger partial charge in [-0.2, -0.15) is 0 Å². The highest BCUT2D eigenvalue weighted by Crippen LogP contribution is 2.41. The zero-order chi connectivity index (χ0) is 21.5. The van der Waals surface area contributed by atoms with Gasteiger partial charge in [0.2, 0.25) is 0 Å². The van der Waals surface area contributed by atoms with E-state index in [1.54, 1.807) is 50.4 Å². The highest BCUT2D eigenvalue weighted by Gasteiger charge is 2.38. The number of ether oxygens (including phenoxy) is 1. The summed E-state index contributed by atoms with van der Waals surface area (Å²) in [7, 11) is 1.68. The number of pyridine rings is 1. The largest absolute Gasteiger partial charge is 0.484 e. The molecular formula is C22H21ClFN3O3. The smallest absolute Gasteiger partial charge is 0.319 e. The van der Waals surface area contributed by atoms with E-state index in [9.17, 15) is 14.0 Å². The van der Waals surface area contributed by atoms with Crippen molar-refractivity contribution < 1.29 is 13.9 Å². The predicted octanol–water partition coefficient (Wildman–Crippen LogP) is 4.57. The number of hydrogen-bond acceptors (Lipinski definition) is 3. The molecule has 3 aromatic rings. The van der Waals surface area contributed by atoms with Crippen molar-refractivity contribution in [1.29, 1.82) is 0 Å². The minimum absolute atomic E-state index is 0.132. The lowest BCUT2D eigenvalue weighted by Gasteiger charge is -2.38. The summed E-state index contributed by atoms with van der Waals surface area (Å²) < 4.78 is 21.0. The van der Waals surface area contributed by atoms with Gasteiger partial charge in [-0.3, -0.25) is 4.79 Å². The molecule has 30 heavy (non-hydrogen) atoms. The Balaban J connectivity index is 1.61. The Bertz CT molecular complexity index is 1200. The molecule has 0 aliphatic carbocycles. The van der Waals surface area contributed by atoms with Gasteiger partial charge in [-0.1, -0.05) is 23.7 Å². The second-order valence-electron chi connectivity index (χ2n) is 7.69. The Morgan fingerprint density at radius 3 is 2.87 bits per heavy atom. The fourth-order valence-corrected chi connectivity index (χ4v) is 3.94. The van der Waals surface area contributed by atoms with E-state index in [1.807, 2.05) is 6.07 Å². The van der Waals surface area contributed by atoms with Crippen LogP contribution in [0.5, 0.6) is 5.75 Å².